The van der Waals surface area contributed by atoms with E-state index < -0.39 is 59.7 Å². The van der Waals surface area contributed by atoms with E-state index in [1.807, 2.05) is 0 Å². The van der Waals surface area contributed by atoms with Crippen molar-refractivity contribution in [3.8, 4) is 5.75 Å². The molecule has 13 heteroatoms. The van der Waals surface area contributed by atoms with E-state index in [2.05, 4.69) is 16.0 Å². The van der Waals surface area contributed by atoms with Gasteiger partial charge in [-0.15, -0.1) is 0 Å². The molecular weight excluding hydrogens is 496 g/mol. The summed E-state index contributed by atoms with van der Waals surface area (Å²) in [5.74, 6) is -4.28. The third kappa shape index (κ3) is 11.6. The van der Waals surface area contributed by atoms with Crippen LogP contribution in [0.15, 0.2) is 24.3 Å². The van der Waals surface area contributed by atoms with Crippen LogP contribution >= 0.6 is 0 Å². The molecule has 1 aromatic carbocycles. The Hall–Kier alpha value is -3.71. The van der Waals surface area contributed by atoms with Gasteiger partial charge in [0.2, 0.25) is 23.6 Å². The molecule has 0 aromatic heterocycles. The summed E-state index contributed by atoms with van der Waals surface area (Å²) in [4.78, 5) is 61.6. The Balaban J connectivity index is 3.08. The fourth-order valence-electron chi connectivity index (χ4n) is 3.59. The maximum Gasteiger partial charge on any atom is 0.326 e. The predicted molar refractivity (Wildman–Crippen MR) is 139 cm³/mol. The van der Waals surface area contributed by atoms with Crippen molar-refractivity contribution in [3.05, 3.63) is 29.8 Å². The van der Waals surface area contributed by atoms with Gasteiger partial charge < -0.3 is 43.4 Å². The molecule has 13 nitrogen and oxygen atoms in total. The lowest BCUT2D eigenvalue weighted by atomic mass is 9.99. The molecule has 0 spiro atoms. The second kappa shape index (κ2) is 16.2. The zero-order valence-electron chi connectivity index (χ0n) is 21.8. The molecule has 0 aliphatic carbocycles. The molecule has 0 saturated carbocycles. The number of amides is 4. The smallest absolute Gasteiger partial charge is 0.326 e. The molecule has 11 N–H and O–H groups in total. The van der Waals surface area contributed by atoms with E-state index in [9.17, 15) is 34.2 Å². The number of phenols is 1. The van der Waals surface area contributed by atoms with E-state index in [-0.39, 0.29) is 31.4 Å². The normalized spacial score (nSPS) is 14.1. The van der Waals surface area contributed by atoms with Gasteiger partial charge in [-0.1, -0.05) is 26.0 Å². The van der Waals surface area contributed by atoms with Crippen LogP contribution < -0.4 is 33.2 Å². The molecule has 38 heavy (non-hydrogen) atoms. The standard InChI is InChI=1S/C25H40N6O7/c1-14(2)21(31-22(34)17(27)10-11-20(28)33)24(36)30-19(13-15-6-8-16(32)9-7-15)23(35)29-18(25(37)38)5-3-4-12-26/h6-9,14,17-19,21,32H,3-5,10-13,26-27H2,1-2H3,(H2,28,33)(H,29,35)(H,30,36)(H,31,34)(H,37,38). The summed E-state index contributed by atoms with van der Waals surface area (Å²) in [6, 6.07) is 1.46. The molecule has 1 aromatic rings. The van der Waals surface area contributed by atoms with Crippen molar-refractivity contribution in [2.75, 3.05) is 6.54 Å². The van der Waals surface area contributed by atoms with E-state index in [4.69, 9.17) is 17.2 Å². The first-order valence-electron chi connectivity index (χ1n) is 12.5. The minimum Gasteiger partial charge on any atom is -0.508 e. The average Bonchev–Trinajstić information content (AvgIpc) is 2.85. The number of rotatable bonds is 17. The Morgan fingerprint density at radius 1 is 0.868 bits per heavy atom. The van der Waals surface area contributed by atoms with Gasteiger partial charge in [-0.05, 0) is 55.8 Å². The summed E-state index contributed by atoms with van der Waals surface area (Å²) in [6.45, 7) is 3.76. The van der Waals surface area contributed by atoms with E-state index in [0.717, 1.165) is 0 Å². The van der Waals surface area contributed by atoms with Crippen LogP contribution in [-0.2, 0) is 30.4 Å². The molecule has 0 aliphatic rings. The van der Waals surface area contributed by atoms with Crippen molar-refractivity contribution in [1.29, 1.82) is 0 Å². The Kier molecular flexibility index (Phi) is 13.8. The van der Waals surface area contributed by atoms with E-state index >= 15 is 0 Å². The second-order valence-electron chi connectivity index (χ2n) is 9.46. The van der Waals surface area contributed by atoms with Gasteiger partial charge >= 0.3 is 5.97 Å². The summed E-state index contributed by atoms with van der Waals surface area (Å²) in [5, 5.41) is 26.7. The van der Waals surface area contributed by atoms with Crippen molar-refractivity contribution in [2.24, 2.45) is 23.1 Å². The first-order valence-corrected chi connectivity index (χ1v) is 12.5. The van der Waals surface area contributed by atoms with Gasteiger partial charge in [0.1, 0.15) is 23.9 Å². The number of nitrogens with two attached hydrogens (primary N) is 3. The fourth-order valence-corrected chi connectivity index (χ4v) is 3.59. The van der Waals surface area contributed by atoms with Crippen molar-refractivity contribution in [3.63, 3.8) is 0 Å². The second-order valence-corrected chi connectivity index (χ2v) is 9.46. The highest BCUT2D eigenvalue weighted by atomic mass is 16.4. The number of unbranched alkanes of at least 4 members (excludes halogenated alkanes) is 1. The van der Waals surface area contributed by atoms with E-state index in [1.54, 1.807) is 26.0 Å². The quantitative estimate of drug-likeness (QED) is 0.112. The van der Waals surface area contributed by atoms with Gasteiger partial charge in [0.25, 0.3) is 0 Å². The summed E-state index contributed by atoms with van der Waals surface area (Å²) in [7, 11) is 0. The molecule has 4 unspecified atom stereocenters. The number of phenolic OH excluding ortho intramolecular Hbond substituents is 1. The number of carboxylic acids is 1. The maximum atomic E-state index is 13.2. The highest BCUT2D eigenvalue weighted by Gasteiger charge is 2.31. The van der Waals surface area contributed by atoms with Crippen LogP contribution in [0.5, 0.6) is 5.75 Å². The predicted octanol–water partition coefficient (Wildman–Crippen LogP) is -1.15. The first kappa shape index (κ1) is 32.3. The van der Waals surface area contributed by atoms with Crippen molar-refractivity contribution in [1.82, 2.24) is 16.0 Å². The molecule has 1 rings (SSSR count). The Labute approximate surface area is 221 Å². The van der Waals surface area contributed by atoms with Crippen molar-refractivity contribution >= 4 is 29.6 Å². The minimum atomic E-state index is -1.22. The first-order chi connectivity index (χ1) is 17.8. The van der Waals surface area contributed by atoms with Crippen LogP contribution in [0.4, 0.5) is 0 Å². The molecule has 0 radical (unpaired) electrons. The highest BCUT2D eigenvalue weighted by molar-refractivity contribution is 5.94. The van der Waals surface area contributed by atoms with Crippen LogP contribution in [0.3, 0.4) is 0 Å². The number of carboxylic acid groups (broad SMARTS) is 1. The van der Waals surface area contributed by atoms with Crippen LogP contribution in [-0.4, -0.2) is 70.5 Å². The summed E-state index contributed by atoms with van der Waals surface area (Å²) >= 11 is 0. The SMILES string of the molecule is CC(C)C(NC(=O)C(N)CCC(N)=O)C(=O)NC(Cc1ccc(O)cc1)C(=O)NC(CCCCN)C(=O)O. The Morgan fingerprint density at radius 2 is 1.47 bits per heavy atom. The minimum absolute atomic E-state index is 0.000216. The van der Waals surface area contributed by atoms with Gasteiger partial charge in [-0.25, -0.2) is 4.79 Å². The zero-order valence-corrected chi connectivity index (χ0v) is 21.8. The molecular formula is C25H40N6O7. The highest BCUT2D eigenvalue weighted by Crippen LogP contribution is 2.13. The summed E-state index contributed by atoms with van der Waals surface area (Å²) in [6.07, 6.45) is 1.12. The molecule has 0 saturated heterocycles. The zero-order chi connectivity index (χ0) is 28.8. The number of aliphatic carboxylic acids is 1. The van der Waals surface area contributed by atoms with E-state index in [0.29, 0.717) is 24.9 Å². The lowest BCUT2D eigenvalue weighted by Gasteiger charge is -2.27. The molecule has 0 bridgehead atoms. The molecule has 212 valence electrons. The molecule has 0 fully saturated rings. The van der Waals surface area contributed by atoms with Crippen LogP contribution in [0.1, 0.15) is 51.5 Å². The maximum absolute atomic E-state index is 13.2. The number of aromatic hydroxyl groups is 1. The number of nitrogens with one attached hydrogen (secondary N) is 3. The van der Waals surface area contributed by atoms with Gasteiger partial charge in [-0.3, -0.25) is 19.2 Å². The Morgan fingerprint density at radius 3 is 2.00 bits per heavy atom. The summed E-state index contributed by atoms with van der Waals surface area (Å²) in [5.41, 5.74) is 17.0. The molecule has 0 aliphatic heterocycles. The fraction of sp³-hybridized carbons (Fsp3) is 0.560. The number of carbonyl (C=O) groups is 5. The van der Waals surface area contributed by atoms with Gasteiger partial charge in [0.15, 0.2) is 0 Å². The topological polar surface area (TPSA) is 240 Å². The van der Waals surface area contributed by atoms with Gasteiger partial charge in [0.05, 0.1) is 6.04 Å². The number of hydrogen-bond acceptors (Lipinski definition) is 8. The summed E-state index contributed by atoms with van der Waals surface area (Å²) < 4.78 is 0. The molecule has 0 heterocycles. The van der Waals surface area contributed by atoms with E-state index in [1.165, 1.54) is 12.1 Å². The van der Waals surface area contributed by atoms with Crippen molar-refractivity contribution < 1.29 is 34.2 Å². The Bertz CT molecular complexity index is 954. The number of primary amides is 1. The van der Waals surface area contributed by atoms with Gasteiger partial charge in [0, 0.05) is 12.8 Å². The van der Waals surface area contributed by atoms with Gasteiger partial charge in [-0.2, -0.15) is 0 Å². The third-order valence-electron chi connectivity index (χ3n) is 5.86. The average molecular weight is 537 g/mol. The van der Waals surface area contributed by atoms with Crippen LogP contribution in [0, 0.1) is 5.92 Å². The van der Waals surface area contributed by atoms with Crippen LogP contribution in [0.2, 0.25) is 0 Å². The largest absolute Gasteiger partial charge is 0.508 e. The monoisotopic (exact) mass is 536 g/mol. The number of carbonyl (C=O) groups excluding carboxylic acids is 4. The number of benzene rings is 1. The molecule has 4 atom stereocenters. The lowest BCUT2D eigenvalue weighted by Crippen LogP contribution is -2.58. The van der Waals surface area contributed by atoms with Crippen LogP contribution in [0.25, 0.3) is 0 Å². The number of hydrogen-bond donors (Lipinski definition) is 8. The third-order valence-corrected chi connectivity index (χ3v) is 5.86. The molecule has 4 amide bonds. The van der Waals surface area contributed by atoms with Crippen molar-refractivity contribution in [2.45, 2.75) is 76.5 Å². The lowest BCUT2D eigenvalue weighted by molar-refractivity contribution is -0.142.